The zero-order valence-electron chi connectivity index (χ0n) is 15.0. The maximum Gasteiger partial charge on any atom is 0.311 e. The second kappa shape index (κ2) is 8.94. The van der Waals surface area contributed by atoms with Crippen molar-refractivity contribution in [3.8, 4) is 11.3 Å². The van der Waals surface area contributed by atoms with Gasteiger partial charge in [0.05, 0.1) is 18.7 Å². The summed E-state index contributed by atoms with van der Waals surface area (Å²) in [6.07, 6.45) is 5.48. The van der Waals surface area contributed by atoms with Crippen molar-refractivity contribution in [1.29, 1.82) is 0 Å². The molecule has 6 heteroatoms. The fourth-order valence-electron chi connectivity index (χ4n) is 3.26. The summed E-state index contributed by atoms with van der Waals surface area (Å²) in [5.41, 5.74) is 1.67. The van der Waals surface area contributed by atoms with Crippen LogP contribution in [0.4, 0.5) is 5.13 Å². The summed E-state index contributed by atoms with van der Waals surface area (Å²) in [4.78, 5) is 29.9. The van der Waals surface area contributed by atoms with Crippen LogP contribution >= 0.6 is 11.3 Å². The van der Waals surface area contributed by atoms with Gasteiger partial charge in [0.25, 0.3) is 0 Å². The quantitative estimate of drug-likeness (QED) is 0.762. The number of nitrogens with zero attached hydrogens (tertiary/aromatic N) is 1. The molecule has 26 heavy (non-hydrogen) atoms. The van der Waals surface area contributed by atoms with E-state index in [1.807, 2.05) is 30.3 Å². The van der Waals surface area contributed by atoms with Crippen molar-refractivity contribution in [3.63, 3.8) is 0 Å². The number of anilines is 1. The molecular weight excluding hydrogens is 348 g/mol. The predicted octanol–water partition coefficient (Wildman–Crippen LogP) is 4.43. The molecule has 0 saturated heterocycles. The van der Waals surface area contributed by atoms with Gasteiger partial charge in [-0.3, -0.25) is 9.59 Å². The molecule has 0 bridgehead atoms. The average molecular weight is 372 g/mol. The highest BCUT2D eigenvalue weighted by Crippen LogP contribution is 2.33. The smallest absolute Gasteiger partial charge is 0.311 e. The number of ether oxygens (including phenoxy) is 1. The third-order valence-corrected chi connectivity index (χ3v) is 5.53. The first-order chi connectivity index (χ1) is 12.7. The van der Waals surface area contributed by atoms with Crippen molar-refractivity contribution in [1.82, 2.24) is 4.98 Å². The van der Waals surface area contributed by atoms with Crippen LogP contribution in [0.3, 0.4) is 0 Å². The summed E-state index contributed by atoms with van der Waals surface area (Å²) in [5, 5.41) is 3.52. The average Bonchev–Trinajstić information content (AvgIpc) is 3.05. The van der Waals surface area contributed by atoms with E-state index < -0.39 is 0 Å². The van der Waals surface area contributed by atoms with Gasteiger partial charge in [-0.25, -0.2) is 4.98 Å². The number of hydrogen-bond donors (Lipinski definition) is 1. The highest BCUT2D eigenvalue weighted by atomic mass is 32.1. The first-order valence-electron chi connectivity index (χ1n) is 9.19. The van der Waals surface area contributed by atoms with E-state index in [4.69, 9.17) is 4.74 Å². The monoisotopic (exact) mass is 372 g/mol. The normalized spacial score (nSPS) is 14.8. The van der Waals surface area contributed by atoms with Crippen LogP contribution in [0, 0.1) is 5.92 Å². The van der Waals surface area contributed by atoms with Crippen LogP contribution < -0.4 is 5.32 Å². The Labute approximate surface area is 157 Å². The van der Waals surface area contributed by atoms with Gasteiger partial charge in [-0.2, -0.15) is 0 Å². The third kappa shape index (κ3) is 4.69. The van der Waals surface area contributed by atoms with Crippen molar-refractivity contribution in [2.24, 2.45) is 5.92 Å². The highest BCUT2D eigenvalue weighted by Gasteiger charge is 2.23. The zero-order chi connectivity index (χ0) is 18.4. The van der Waals surface area contributed by atoms with Crippen LogP contribution in [0.25, 0.3) is 11.3 Å². The lowest BCUT2D eigenvalue weighted by atomic mass is 9.89. The Hall–Kier alpha value is -2.21. The lowest BCUT2D eigenvalue weighted by molar-refractivity contribution is -0.142. The van der Waals surface area contributed by atoms with Gasteiger partial charge in [0.1, 0.15) is 0 Å². The van der Waals surface area contributed by atoms with Crippen molar-refractivity contribution in [2.45, 2.75) is 45.4 Å². The molecule has 1 aromatic carbocycles. The molecule has 2 aromatic rings. The molecule has 3 rings (SSSR count). The Morgan fingerprint density at radius 2 is 1.92 bits per heavy atom. The van der Waals surface area contributed by atoms with Crippen molar-refractivity contribution >= 4 is 28.3 Å². The summed E-state index contributed by atoms with van der Waals surface area (Å²) >= 11 is 1.36. The maximum absolute atomic E-state index is 12.5. The lowest BCUT2D eigenvalue weighted by Crippen LogP contribution is -2.24. The maximum atomic E-state index is 12.5. The number of benzene rings is 1. The molecule has 0 aliphatic heterocycles. The van der Waals surface area contributed by atoms with Crippen LogP contribution in [0.15, 0.2) is 30.3 Å². The van der Waals surface area contributed by atoms with Crippen LogP contribution in [0.2, 0.25) is 0 Å². The van der Waals surface area contributed by atoms with Crippen molar-refractivity contribution in [2.75, 3.05) is 11.9 Å². The number of carbonyl (C=O) groups is 2. The summed E-state index contributed by atoms with van der Waals surface area (Å²) < 4.78 is 5.07. The Morgan fingerprint density at radius 3 is 2.62 bits per heavy atom. The molecule has 0 radical (unpaired) electrons. The van der Waals surface area contributed by atoms with Gasteiger partial charge in [-0.15, -0.1) is 11.3 Å². The minimum absolute atomic E-state index is 0.0424. The van der Waals surface area contributed by atoms with E-state index >= 15 is 0 Å². The molecule has 1 fully saturated rings. The van der Waals surface area contributed by atoms with Gasteiger partial charge in [-0.1, -0.05) is 49.6 Å². The number of aromatic nitrogens is 1. The first kappa shape index (κ1) is 18.6. The fraction of sp³-hybridized carbons (Fsp3) is 0.450. The number of esters is 1. The van der Waals surface area contributed by atoms with Gasteiger partial charge < -0.3 is 10.1 Å². The molecule has 1 saturated carbocycles. The molecule has 0 atom stereocenters. The molecule has 1 amide bonds. The number of amides is 1. The van der Waals surface area contributed by atoms with Crippen LogP contribution in [-0.4, -0.2) is 23.5 Å². The Balaban J connectivity index is 1.81. The van der Waals surface area contributed by atoms with E-state index in [0.29, 0.717) is 11.7 Å². The van der Waals surface area contributed by atoms with Crippen molar-refractivity contribution < 1.29 is 14.3 Å². The molecule has 0 spiro atoms. The molecule has 1 aliphatic carbocycles. The van der Waals surface area contributed by atoms with Gasteiger partial charge in [0.2, 0.25) is 5.91 Å². The van der Waals surface area contributed by atoms with Crippen LogP contribution in [-0.2, 0) is 20.7 Å². The fourth-order valence-corrected chi connectivity index (χ4v) is 4.23. The highest BCUT2D eigenvalue weighted by molar-refractivity contribution is 7.16. The van der Waals surface area contributed by atoms with E-state index in [9.17, 15) is 9.59 Å². The Morgan fingerprint density at radius 1 is 1.19 bits per heavy atom. The number of carbonyl (C=O) groups excluding carboxylic acids is 2. The zero-order valence-corrected chi connectivity index (χ0v) is 15.8. The van der Waals surface area contributed by atoms with E-state index in [2.05, 4.69) is 10.3 Å². The van der Waals surface area contributed by atoms with Gasteiger partial charge in [0.15, 0.2) is 5.13 Å². The predicted molar refractivity (Wildman–Crippen MR) is 103 cm³/mol. The summed E-state index contributed by atoms with van der Waals surface area (Å²) in [6, 6.07) is 9.71. The Bertz CT molecular complexity index is 752. The van der Waals surface area contributed by atoms with Crippen LogP contribution in [0.5, 0.6) is 0 Å². The molecule has 0 unspecified atom stereocenters. The Kier molecular flexibility index (Phi) is 6.39. The number of nitrogens with one attached hydrogen (secondary N) is 1. The summed E-state index contributed by atoms with van der Waals surface area (Å²) in [5.74, 6) is -0.166. The molecule has 138 valence electrons. The molecule has 5 nitrogen and oxygen atoms in total. The summed E-state index contributed by atoms with van der Waals surface area (Å²) in [6.45, 7) is 2.14. The molecule has 1 aliphatic rings. The molecule has 1 heterocycles. The van der Waals surface area contributed by atoms with E-state index in [0.717, 1.165) is 41.8 Å². The molecular formula is C20H24N2O3S. The topological polar surface area (TPSA) is 68.3 Å². The number of rotatable bonds is 6. The van der Waals surface area contributed by atoms with Gasteiger partial charge in [-0.05, 0) is 19.8 Å². The van der Waals surface area contributed by atoms with E-state index in [-0.39, 0.29) is 24.2 Å². The molecule has 1 N–H and O–H groups in total. The minimum atomic E-state index is -0.279. The number of thiazole rings is 1. The summed E-state index contributed by atoms with van der Waals surface area (Å²) in [7, 11) is 0. The van der Waals surface area contributed by atoms with Gasteiger partial charge in [0, 0.05) is 16.4 Å². The third-order valence-electron chi connectivity index (χ3n) is 4.56. The first-order valence-corrected chi connectivity index (χ1v) is 10.0. The van der Waals surface area contributed by atoms with E-state index in [1.54, 1.807) is 6.92 Å². The largest absolute Gasteiger partial charge is 0.466 e. The lowest BCUT2D eigenvalue weighted by Gasteiger charge is -2.19. The second-order valence-corrected chi connectivity index (χ2v) is 7.55. The van der Waals surface area contributed by atoms with Crippen molar-refractivity contribution in [3.05, 3.63) is 35.2 Å². The minimum Gasteiger partial charge on any atom is -0.466 e. The van der Waals surface area contributed by atoms with Gasteiger partial charge >= 0.3 is 5.97 Å². The SMILES string of the molecule is CCOC(=O)Cc1sc(NC(=O)C2CCCCC2)nc1-c1ccccc1. The van der Waals surface area contributed by atoms with Crippen LogP contribution in [0.1, 0.15) is 43.9 Å². The van der Waals surface area contributed by atoms with E-state index in [1.165, 1.54) is 17.8 Å². The second-order valence-electron chi connectivity index (χ2n) is 6.46. The molecule has 1 aromatic heterocycles. The standard InChI is InChI=1S/C20H24N2O3S/c1-2-25-17(23)13-16-18(14-9-5-3-6-10-14)21-20(26-16)22-19(24)15-11-7-4-8-12-15/h3,5-6,9-10,15H,2,4,7-8,11-13H2,1H3,(H,21,22,24). The number of hydrogen-bond acceptors (Lipinski definition) is 5.